The van der Waals surface area contributed by atoms with Crippen LogP contribution in [-0.4, -0.2) is 36.2 Å². The maximum atomic E-state index is 11.7. The molecular formula is C14H17N3O4S. The molecule has 1 aromatic carbocycles. The minimum Gasteiger partial charge on any atom is -0.385 e. The summed E-state index contributed by atoms with van der Waals surface area (Å²) in [6.07, 6.45) is 3.52. The molecule has 1 aromatic rings. The van der Waals surface area contributed by atoms with Crippen LogP contribution < -0.4 is 10.6 Å². The average molecular weight is 323 g/mol. The van der Waals surface area contributed by atoms with Gasteiger partial charge in [-0.25, -0.2) is 0 Å². The summed E-state index contributed by atoms with van der Waals surface area (Å²) in [5, 5.41) is 16.2. The first kappa shape index (κ1) is 17.7. The minimum absolute atomic E-state index is 0.0297. The van der Waals surface area contributed by atoms with Gasteiger partial charge >= 0.3 is 0 Å². The fourth-order valence-corrected chi connectivity index (χ4v) is 1.73. The number of hydrogen-bond donors (Lipinski definition) is 2. The molecule has 0 aliphatic rings. The number of benzene rings is 1. The third-order valence-electron chi connectivity index (χ3n) is 2.56. The molecule has 7 nitrogen and oxygen atoms in total. The predicted molar refractivity (Wildman–Crippen MR) is 87.4 cm³/mol. The summed E-state index contributed by atoms with van der Waals surface area (Å²) in [5.74, 6) is -0.407. The van der Waals surface area contributed by atoms with Crippen molar-refractivity contribution in [3.05, 3.63) is 46.0 Å². The third kappa shape index (κ3) is 6.91. The molecular weight excluding hydrogens is 306 g/mol. The second kappa shape index (κ2) is 9.59. The lowest BCUT2D eigenvalue weighted by molar-refractivity contribution is -0.384. The van der Waals surface area contributed by atoms with Gasteiger partial charge in [0.1, 0.15) is 0 Å². The van der Waals surface area contributed by atoms with Crippen LogP contribution in [0.3, 0.4) is 0 Å². The summed E-state index contributed by atoms with van der Waals surface area (Å²) >= 11 is 4.96. The van der Waals surface area contributed by atoms with Gasteiger partial charge in [0.2, 0.25) is 5.91 Å². The Labute approximate surface area is 133 Å². The minimum atomic E-state index is -0.490. The first-order valence-corrected chi connectivity index (χ1v) is 6.94. The molecule has 22 heavy (non-hydrogen) atoms. The molecule has 0 fully saturated rings. The molecule has 1 rings (SSSR count). The molecule has 118 valence electrons. The zero-order chi connectivity index (χ0) is 16.4. The van der Waals surface area contributed by atoms with Crippen LogP contribution in [-0.2, 0) is 9.53 Å². The van der Waals surface area contributed by atoms with E-state index in [0.29, 0.717) is 18.7 Å². The van der Waals surface area contributed by atoms with E-state index < -0.39 is 10.8 Å². The van der Waals surface area contributed by atoms with Gasteiger partial charge in [0, 0.05) is 38.5 Å². The lowest BCUT2D eigenvalue weighted by Gasteiger charge is -2.07. The van der Waals surface area contributed by atoms with Crippen molar-refractivity contribution in [2.45, 2.75) is 6.42 Å². The largest absolute Gasteiger partial charge is 0.385 e. The van der Waals surface area contributed by atoms with Crippen LogP contribution in [0.5, 0.6) is 0 Å². The van der Waals surface area contributed by atoms with Crippen LogP contribution in [0.15, 0.2) is 30.3 Å². The van der Waals surface area contributed by atoms with Gasteiger partial charge in [0.15, 0.2) is 5.11 Å². The zero-order valence-corrected chi connectivity index (χ0v) is 12.9. The number of amides is 1. The summed E-state index contributed by atoms with van der Waals surface area (Å²) < 4.78 is 4.89. The highest BCUT2D eigenvalue weighted by Crippen LogP contribution is 2.13. The molecule has 0 radical (unpaired) electrons. The molecule has 0 aliphatic heterocycles. The average Bonchev–Trinajstić information content (AvgIpc) is 2.50. The summed E-state index contributed by atoms with van der Waals surface area (Å²) in [6.45, 7) is 1.21. The zero-order valence-electron chi connectivity index (χ0n) is 12.1. The van der Waals surface area contributed by atoms with Crippen molar-refractivity contribution in [1.82, 2.24) is 10.6 Å². The van der Waals surface area contributed by atoms with Crippen molar-refractivity contribution in [2.75, 3.05) is 20.3 Å². The molecule has 0 bridgehead atoms. The van der Waals surface area contributed by atoms with Crippen LogP contribution >= 0.6 is 12.2 Å². The number of nitrogens with zero attached hydrogens (tertiary/aromatic N) is 1. The Morgan fingerprint density at radius 1 is 1.50 bits per heavy atom. The Morgan fingerprint density at radius 2 is 2.27 bits per heavy atom. The number of thiocarbonyl (C=S) groups is 1. The molecule has 1 amide bonds. The van der Waals surface area contributed by atoms with E-state index in [4.69, 9.17) is 17.0 Å². The van der Waals surface area contributed by atoms with Crippen molar-refractivity contribution in [3.63, 3.8) is 0 Å². The van der Waals surface area contributed by atoms with Crippen LogP contribution in [0.4, 0.5) is 5.69 Å². The van der Waals surface area contributed by atoms with Gasteiger partial charge in [-0.3, -0.25) is 20.2 Å². The Bertz CT molecular complexity index is 575. The Balaban J connectivity index is 2.45. The lowest BCUT2D eigenvalue weighted by atomic mass is 10.2. The van der Waals surface area contributed by atoms with Gasteiger partial charge in [-0.1, -0.05) is 12.1 Å². The predicted octanol–water partition coefficient (Wildman–Crippen LogP) is 1.64. The Morgan fingerprint density at radius 3 is 2.95 bits per heavy atom. The molecule has 0 aromatic heterocycles. The molecule has 0 aliphatic carbocycles. The summed E-state index contributed by atoms with van der Waals surface area (Å²) in [4.78, 5) is 21.8. The highest BCUT2D eigenvalue weighted by molar-refractivity contribution is 7.80. The number of nitrogens with one attached hydrogen (secondary N) is 2. The number of non-ortho nitro benzene ring substituents is 1. The topological polar surface area (TPSA) is 93.5 Å². The van der Waals surface area contributed by atoms with Crippen molar-refractivity contribution in [1.29, 1.82) is 0 Å². The van der Waals surface area contributed by atoms with Gasteiger partial charge in [0.25, 0.3) is 5.69 Å². The lowest BCUT2D eigenvalue weighted by Crippen LogP contribution is -2.39. The molecule has 0 atom stereocenters. The standard InChI is InChI=1S/C14H17N3O4S/c1-21-9-3-8-15-14(22)16-13(18)7-6-11-4-2-5-12(10-11)17(19)20/h2,4-7,10H,3,8-9H2,1H3,(H2,15,16,18,22)/b7-6+. The second-order valence-corrected chi connectivity index (χ2v) is 4.69. The second-order valence-electron chi connectivity index (χ2n) is 4.28. The highest BCUT2D eigenvalue weighted by Gasteiger charge is 2.04. The highest BCUT2D eigenvalue weighted by atomic mass is 32.1. The van der Waals surface area contributed by atoms with Gasteiger partial charge in [-0.2, -0.15) is 0 Å². The summed E-state index contributed by atoms with van der Waals surface area (Å²) in [6, 6.07) is 5.98. The quantitative estimate of drug-likeness (QED) is 0.260. The van der Waals surface area contributed by atoms with E-state index in [1.807, 2.05) is 0 Å². The number of ether oxygens (including phenoxy) is 1. The van der Waals surface area contributed by atoms with Crippen molar-refractivity contribution >= 4 is 35.0 Å². The monoisotopic (exact) mass is 323 g/mol. The molecule has 2 N–H and O–H groups in total. The molecule has 0 spiro atoms. The molecule has 0 saturated carbocycles. The van der Waals surface area contributed by atoms with E-state index in [1.165, 1.54) is 24.3 Å². The first-order valence-electron chi connectivity index (χ1n) is 6.53. The normalized spacial score (nSPS) is 10.4. The fourth-order valence-electron chi connectivity index (χ4n) is 1.53. The van der Waals surface area contributed by atoms with Crippen LogP contribution in [0.1, 0.15) is 12.0 Å². The van der Waals surface area contributed by atoms with E-state index in [-0.39, 0.29) is 10.8 Å². The maximum Gasteiger partial charge on any atom is 0.270 e. The Kier molecular flexibility index (Phi) is 7.73. The summed E-state index contributed by atoms with van der Waals surface area (Å²) in [7, 11) is 1.61. The number of carbonyl (C=O) groups excluding carboxylic acids is 1. The van der Waals surface area contributed by atoms with E-state index >= 15 is 0 Å². The van der Waals surface area contributed by atoms with E-state index in [2.05, 4.69) is 10.6 Å². The third-order valence-corrected chi connectivity index (χ3v) is 2.80. The van der Waals surface area contributed by atoms with Crippen molar-refractivity contribution < 1.29 is 14.5 Å². The van der Waals surface area contributed by atoms with Gasteiger partial charge in [-0.15, -0.1) is 0 Å². The first-order chi connectivity index (χ1) is 10.5. The van der Waals surface area contributed by atoms with Crippen LogP contribution in [0.2, 0.25) is 0 Å². The smallest absolute Gasteiger partial charge is 0.270 e. The van der Waals surface area contributed by atoms with Crippen molar-refractivity contribution in [3.8, 4) is 0 Å². The number of nitro groups is 1. The molecule has 0 heterocycles. The van der Waals surface area contributed by atoms with Gasteiger partial charge in [-0.05, 0) is 30.3 Å². The molecule has 0 saturated heterocycles. The maximum absolute atomic E-state index is 11.7. The van der Waals surface area contributed by atoms with E-state index in [1.54, 1.807) is 19.2 Å². The molecule has 8 heteroatoms. The molecule has 0 unspecified atom stereocenters. The Hall–Kier alpha value is -2.32. The number of hydrogen-bond acceptors (Lipinski definition) is 5. The SMILES string of the molecule is COCCCNC(=S)NC(=O)/C=C/c1cccc([N+](=O)[O-])c1. The van der Waals surface area contributed by atoms with Gasteiger partial charge in [0.05, 0.1) is 4.92 Å². The van der Waals surface area contributed by atoms with Crippen LogP contribution in [0.25, 0.3) is 6.08 Å². The van der Waals surface area contributed by atoms with E-state index in [0.717, 1.165) is 6.42 Å². The number of rotatable bonds is 7. The number of methoxy groups -OCH3 is 1. The van der Waals surface area contributed by atoms with Crippen LogP contribution in [0, 0.1) is 10.1 Å². The number of carbonyl (C=O) groups is 1. The van der Waals surface area contributed by atoms with Gasteiger partial charge < -0.3 is 10.1 Å². The van der Waals surface area contributed by atoms with E-state index in [9.17, 15) is 14.9 Å². The fraction of sp³-hybridized carbons (Fsp3) is 0.286. The summed E-state index contributed by atoms with van der Waals surface area (Å²) in [5.41, 5.74) is 0.529. The number of nitro benzene ring substituents is 1. The van der Waals surface area contributed by atoms with Crippen molar-refractivity contribution in [2.24, 2.45) is 0 Å².